The van der Waals surface area contributed by atoms with Gasteiger partial charge in [0.2, 0.25) is 5.91 Å². The summed E-state index contributed by atoms with van der Waals surface area (Å²) in [5, 5.41) is 3.05. The normalized spacial score (nSPS) is 16.2. The predicted molar refractivity (Wildman–Crippen MR) is 104 cm³/mol. The van der Waals surface area contributed by atoms with E-state index in [4.69, 9.17) is 0 Å². The standard InChI is InChI=1S/C22H26N2O/c1-18-9-11-21(12-10-18)23-22(25)20-13-16-24(17-14-20)15-5-8-19-6-3-2-4-7-19/h2-12,20H,13-17H2,1H3,(H,23,25)/b8-5+. The molecule has 0 radical (unpaired) electrons. The second kappa shape index (κ2) is 8.63. The molecule has 2 aromatic rings. The Morgan fingerprint density at radius 3 is 2.44 bits per heavy atom. The zero-order valence-corrected chi connectivity index (χ0v) is 14.8. The number of carbonyl (C=O) groups excluding carboxylic acids is 1. The number of nitrogens with one attached hydrogen (secondary N) is 1. The summed E-state index contributed by atoms with van der Waals surface area (Å²) in [4.78, 5) is 14.8. The Kier molecular flexibility index (Phi) is 6.02. The highest BCUT2D eigenvalue weighted by Gasteiger charge is 2.24. The molecule has 25 heavy (non-hydrogen) atoms. The van der Waals surface area contributed by atoms with E-state index in [0.717, 1.165) is 38.2 Å². The fourth-order valence-electron chi connectivity index (χ4n) is 3.16. The maximum Gasteiger partial charge on any atom is 0.227 e. The van der Waals surface area contributed by atoms with E-state index in [1.807, 2.05) is 37.3 Å². The molecule has 1 N–H and O–H groups in total. The van der Waals surface area contributed by atoms with Gasteiger partial charge in [-0.2, -0.15) is 0 Å². The third-order valence-corrected chi connectivity index (χ3v) is 4.75. The van der Waals surface area contributed by atoms with E-state index in [1.165, 1.54) is 11.1 Å². The van der Waals surface area contributed by atoms with Gasteiger partial charge in [0.1, 0.15) is 0 Å². The molecule has 0 aliphatic carbocycles. The number of nitrogens with zero attached hydrogens (tertiary/aromatic N) is 1. The minimum atomic E-state index is 0.121. The molecular weight excluding hydrogens is 308 g/mol. The zero-order chi connectivity index (χ0) is 17.5. The lowest BCUT2D eigenvalue weighted by molar-refractivity contribution is -0.121. The average Bonchev–Trinajstić information content (AvgIpc) is 2.65. The number of anilines is 1. The molecule has 2 aromatic carbocycles. The molecule has 1 heterocycles. The number of aryl methyl sites for hydroxylation is 1. The highest BCUT2D eigenvalue weighted by Crippen LogP contribution is 2.20. The number of benzene rings is 2. The van der Waals surface area contributed by atoms with Crippen LogP contribution in [0, 0.1) is 12.8 Å². The van der Waals surface area contributed by atoms with E-state index < -0.39 is 0 Å². The van der Waals surface area contributed by atoms with Crippen molar-refractivity contribution in [1.29, 1.82) is 0 Å². The highest BCUT2D eigenvalue weighted by molar-refractivity contribution is 5.92. The van der Waals surface area contributed by atoms with Gasteiger partial charge in [-0.05, 0) is 50.6 Å². The number of likely N-dealkylation sites (tertiary alicyclic amines) is 1. The molecule has 1 aliphatic rings. The summed E-state index contributed by atoms with van der Waals surface area (Å²) in [7, 11) is 0. The van der Waals surface area contributed by atoms with Crippen LogP contribution in [0.25, 0.3) is 6.08 Å². The molecule has 0 atom stereocenters. The second-order valence-electron chi connectivity index (χ2n) is 6.74. The van der Waals surface area contributed by atoms with E-state index in [2.05, 4.69) is 46.6 Å². The van der Waals surface area contributed by atoms with Crippen LogP contribution < -0.4 is 5.32 Å². The van der Waals surface area contributed by atoms with Gasteiger partial charge < -0.3 is 5.32 Å². The molecule has 0 spiro atoms. The van der Waals surface area contributed by atoms with Gasteiger partial charge in [-0.1, -0.05) is 60.2 Å². The van der Waals surface area contributed by atoms with E-state index in [1.54, 1.807) is 0 Å². The first-order valence-corrected chi connectivity index (χ1v) is 9.02. The summed E-state index contributed by atoms with van der Waals surface area (Å²) in [6, 6.07) is 18.3. The summed E-state index contributed by atoms with van der Waals surface area (Å²) >= 11 is 0. The number of amides is 1. The van der Waals surface area contributed by atoms with Crippen molar-refractivity contribution in [3.8, 4) is 0 Å². The van der Waals surface area contributed by atoms with E-state index in [0.29, 0.717) is 0 Å². The predicted octanol–water partition coefficient (Wildman–Crippen LogP) is 4.36. The van der Waals surface area contributed by atoms with Gasteiger partial charge in [-0.3, -0.25) is 9.69 Å². The molecule has 0 saturated carbocycles. The van der Waals surface area contributed by atoms with Crippen LogP contribution in [-0.2, 0) is 4.79 Å². The first kappa shape index (κ1) is 17.4. The quantitative estimate of drug-likeness (QED) is 0.881. The molecule has 1 fully saturated rings. The SMILES string of the molecule is Cc1ccc(NC(=O)C2CCN(C/C=C/c3ccccc3)CC2)cc1. The largest absolute Gasteiger partial charge is 0.326 e. The fourth-order valence-corrected chi connectivity index (χ4v) is 3.16. The first-order chi connectivity index (χ1) is 12.2. The molecule has 0 bridgehead atoms. The minimum absolute atomic E-state index is 0.121. The maximum absolute atomic E-state index is 12.4. The molecule has 0 unspecified atom stereocenters. The Balaban J connectivity index is 1.42. The number of carbonyl (C=O) groups is 1. The Labute approximate surface area is 150 Å². The first-order valence-electron chi connectivity index (χ1n) is 9.02. The molecular formula is C22H26N2O. The number of hydrogen-bond acceptors (Lipinski definition) is 2. The smallest absolute Gasteiger partial charge is 0.227 e. The van der Waals surface area contributed by atoms with Crippen LogP contribution in [0.2, 0.25) is 0 Å². The van der Waals surface area contributed by atoms with Crippen LogP contribution in [-0.4, -0.2) is 30.4 Å². The van der Waals surface area contributed by atoms with Gasteiger partial charge in [-0.15, -0.1) is 0 Å². The number of hydrogen-bond donors (Lipinski definition) is 1. The van der Waals surface area contributed by atoms with Crippen molar-refractivity contribution in [3.63, 3.8) is 0 Å². The van der Waals surface area contributed by atoms with Gasteiger partial charge in [0, 0.05) is 18.2 Å². The van der Waals surface area contributed by atoms with Gasteiger partial charge in [0.25, 0.3) is 0 Å². The number of rotatable bonds is 5. The van der Waals surface area contributed by atoms with Gasteiger partial charge >= 0.3 is 0 Å². The van der Waals surface area contributed by atoms with Crippen LogP contribution in [0.1, 0.15) is 24.0 Å². The second-order valence-corrected chi connectivity index (χ2v) is 6.74. The summed E-state index contributed by atoms with van der Waals surface area (Å²) in [6.45, 7) is 4.95. The minimum Gasteiger partial charge on any atom is -0.326 e. The van der Waals surface area contributed by atoms with Gasteiger partial charge in [0.15, 0.2) is 0 Å². The zero-order valence-electron chi connectivity index (χ0n) is 14.8. The van der Waals surface area contributed by atoms with Gasteiger partial charge in [0.05, 0.1) is 0 Å². The fraction of sp³-hybridized carbons (Fsp3) is 0.318. The lowest BCUT2D eigenvalue weighted by Gasteiger charge is -2.30. The molecule has 0 aromatic heterocycles. The summed E-state index contributed by atoms with van der Waals surface area (Å²) in [6.07, 6.45) is 6.23. The molecule has 1 saturated heterocycles. The molecule has 1 aliphatic heterocycles. The summed E-state index contributed by atoms with van der Waals surface area (Å²) < 4.78 is 0. The van der Waals surface area contributed by atoms with Crippen molar-refractivity contribution in [3.05, 3.63) is 71.8 Å². The monoisotopic (exact) mass is 334 g/mol. The Morgan fingerprint density at radius 1 is 1.08 bits per heavy atom. The highest BCUT2D eigenvalue weighted by atomic mass is 16.1. The molecule has 1 amide bonds. The van der Waals surface area contributed by atoms with E-state index in [9.17, 15) is 4.79 Å². The third-order valence-electron chi connectivity index (χ3n) is 4.75. The van der Waals surface area contributed by atoms with Crippen LogP contribution >= 0.6 is 0 Å². The summed E-state index contributed by atoms with van der Waals surface area (Å²) in [5.74, 6) is 0.277. The van der Waals surface area contributed by atoms with Crippen molar-refractivity contribution in [2.24, 2.45) is 5.92 Å². The van der Waals surface area contributed by atoms with Crippen LogP contribution in [0.5, 0.6) is 0 Å². The van der Waals surface area contributed by atoms with Crippen molar-refractivity contribution in [2.75, 3.05) is 25.0 Å². The Hall–Kier alpha value is -2.39. The summed E-state index contributed by atoms with van der Waals surface area (Å²) in [5.41, 5.74) is 3.33. The number of piperidine rings is 1. The Morgan fingerprint density at radius 2 is 1.76 bits per heavy atom. The molecule has 130 valence electrons. The lowest BCUT2D eigenvalue weighted by atomic mass is 9.95. The van der Waals surface area contributed by atoms with Crippen molar-refractivity contribution >= 4 is 17.7 Å². The Bertz CT molecular complexity index is 699. The van der Waals surface area contributed by atoms with Crippen LogP contribution in [0.3, 0.4) is 0 Å². The molecule has 3 nitrogen and oxygen atoms in total. The van der Waals surface area contributed by atoms with E-state index in [-0.39, 0.29) is 11.8 Å². The topological polar surface area (TPSA) is 32.3 Å². The van der Waals surface area contributed by atoms with Crippen LogP contribution in [0.4, 0.5) is 5.69 Å². The van der Waals surface area contributed by atoms with E-state index >= 15 is 0 Å². The van der Waals surface area contributed by atoms with Crippen molar-refractivity contribution in [2.45, 2.75) is 19.8 Å². The average molecular weight is 334 g/mol. The van der Waals surface area contributed by atoms with Gasteiger partial charge in [-0.25, -0.2) is 0 Å². The lowest BCUT2D eigenvalue weighted by Crippen LogP contribution is -2.38. The van der Waals surface area contributed by atoms with Crippen molar-refractivity contribution < 1.29 is 4.79 Å². The van der Waals surface area contributed by atoms with Crippen LogP contribution in [0.15, 0.2) is 60.7 Å². The maximum atomic E-state index is 12.4. The molecule has 3 heteroatoms. The van der Waals surface area contributed by atoms with Crippen molar-refractivity contribution in [1.82, 2.24) is 4.90 Å². The molecule has 3 rings (SSSR count). The third kappa shape index (κ3) is 5.30.